The van der Waals surface area contributed by atoms with Crippen molar-refractivity contribution >= 4 is 17.5 Å². The smallest absolute Gasteiger partial charge is 0.254 e. The monoisotopic (exact) mass is 298 g/mol. The molecule has 1 saturated heterocycles. The molecule has 1 aliphatic heterocycles. The van der Waals surface area contributed by atoms with Gasteiger partial charge in [0.1, 0.15) is 5.82 Å². The molecule has 2 rings (SSSR count). The van der Waals surface area contributed by atoms with Gasteiger partial charge < -0.3 is 10.2 Å². The third-order valence-corrected chi connectivity index (χ3v) is 3.87. The molecule has 1 N–H and O–H groups in total. The molecule has 3 nitrogen and oxygen atoms in total. The van der Waals surface area contributed by atoms with Crippen molar-refractivity contribution in [1.82, 2.24) is 10.2 Å². The molecule has 1 aromatic carbocycles. The van der Waals surface area contributed by atoms with Gasteiger partial charge in [0, 0.05) is 24.7 Å². The largest absolute Gasteiger partial charge is 0.351 e. The van der Waals surface area contributed by atoms with Gasteiger partial charge in [0.05, 0.1) is 5.56 Å². The minimum absolute atomic E-state index is 0.0430. The van der Waals surface area contributed by atoms with Crippen LogP contribution in [-0.2, 0) is 0 Å². The van der Waals surface area contributed by atoms with Crippen LogP contribution in [-0.4, -0.2) is 37.0 Å². The number of carbonyl (C=O) groups is 1. The lowest BCUT2D eigenvalue weighted by atomic mass is 10.0. The molecule has 5 heteroatoms. The number of hydrogen-bond acceptors (Lipinski definition) is 2. The maximum Gasteiger partial charge on any atom is 0.254 e. The Labute approximate surface area is 124 Å². The van der Waals surface area contributed by atoms with Crippen molar-refractivity contribution in [3.8, 4) is 0 Å². The summed E-state index contributed by atoms with van der Waals surface area (Å²) in [6.45, 7) is 5.74. The Kier molecular flexibility index (Phi) is 5.38. The Bertz CT molecular complexity index is 481. The molecule has 110 valence electrons. The van der Waals surface area contributed by atoms with E-state index in [0.29, 0.717) is 17.5 Å². The molecule has 0 bridgehead atoms. The van der Waals surface area contributed by atoms with Crippen LogP contribution < -0.4 is 5.32 Å². The van der Waals surface area contributed by atoms with Gasteiger partial charge in [-0.05, 0) is 43.5 Å². The molecule has 1 atom stereocenters. The summed E-state index contributed by atoms with van der Waals surface area (Å²) in [7, 11) is 0. The van der Waals surface area contributed by atoms with Crippen molar-refractivity contribution in [2.75, 3.05) is 26.2 Å². The van der Waals surface area contributed by atoms with Gasteiger partial charge in [-0.3, -0.25) is 4.79 Å². The van der Waals surface area contributed by atoms with Gasteiger partial charge in [0.15, 0.2) is 0 Å². The normalized spacial score (nSPS) is 19.9. The second-order valence-electron chi connectivity index (χ2n) is 5.43. The second-order valence-corrected chi connectivity index (χ2v) is 5.86. The van der Waals surface area contributed by atoms with E-state index in [4.69, 9.17) is 11.6 Å². The maximum absolute atomic E-state index is 13.6. The van der Waals surface area contributed by atoms with E-state index >= 15 is 0 Å². The van der Waals surface area contributed by atoms with E-state index in [0.717, 1.165) is 25.7 Å². The molecule has 1 fully saturated rings. The number of halogens is 2. The first-order valence-electron chi connectivity index (χ1n) is 7.02. The van der Waals surface area contributed by atoms with E-state index in [2.05, 4.69) is 17.1 Å². The summed E-state index contributed by atoms with van der Waals surface area (Å²) < 4.78 is 13.6. The van der Waals surface area contributed by atoms with Crippen LogP contribution in [0.3, 0.4) is 0 Å². The van der Waals surface area contributed by atoms with Crippen molar-refractivity contribution in [3.63, 3.8) is 0 Å². The van der Waals surface area contributed by atoms with Gasteiger partial charge in [-0.1, -0.05) is 18.5 Å². The van der Waals surface area contributed by atoms with Gasteiger partial charge in [-0.2, -0.15) is 0 Å². The molecule has 1 aromatic rings. The molecule has 0 spiro atoms. The van der Waals surface area contributed by atoms with Crippen LogP contribution in [0.5, 0.6) is 0 Å². The number of hydrogen-bond donors (Lipinski definition) is 1. The van der Waals surface area contributed by atoms with E-state index < -0.39 is 5.82 Å². The molecular weight excluding hydrogens is 279 g/mol. The van der Waals surface area contributed by atoms with Gasteiger partial charge >= 0.3 is 0 Å². The van der Waals surface area contributed by atoms with Crippen LogP contribution in [0.15, 0.2) is 18.2 Å². The Morgan fingerprint density at radius 2 is 2.35 bits per heavy atom. The third-order valence-electron chi connectivity index (χ3n) is 3.63. The molecule has 0 unspecified atom stereocenters. The zero-order chi connectivity index (χ0) is 14.5. The highest BCUT2D eigenvalue weighted by Gasteiger charge is 2.16. The molecule has 0 aromatic heterocycles. The predicted molar refractivity (Wildman–Crippen MR) is 78.6 cm³/mol. The molecule has 20 heavy (non-hydrogen) atoms. The summed E-state index contributed by atoms with van der Waals surface area (Å²) in [5, 5.41) is 3.05. The third kappa shape index (κ3) is 4.18. The quantitative estimate of drug-likeness (QED) is 0.927. The molecule has 0 aliphatic carbocycles. The fourth-order valence-electron chi connectivity index (χ4n) is 2.59. The average Bonchev–Trinajstić information content (AvgIpc) is 2.38. The molecule has 0 saturated carbocycles. The Morgan fingerprint density at radius 3 is 3.05 bits per heavy atom. The number of nitrogens with zero attached hydrogens (tertiary/aromatic N) is 1. The number of nitrogens with one attached hydrogen (secondary N) is 1. The second kappa shape index (κ2) is 7.04. The average molecular weight is 299 g/mol. The van der Waals surface area contributed by atoms with Crippen molar-refractivity contribution in [1.29, 1.82) is 0 Å². The van der Waals surface area contributed by atoms with Gasteiger partial charge in [0.2, 0.25) is 0 Å². The molecule has 1 amide bonds. The minimum atomic E-state index is -0.582. The maximum atomic E-state index is 13.6. The first kappa shape index (κ1) is 15.3. The van der Waals surface area contributed by atoms with Crippen LogP contribution in [0.1, 0.15) is 30.1 Å². The molecular formula is C15H20ClFN2O. The SMILES string of the molecule is C[C@H]1CCCN(CCNC(=O)c2ccc(Cl)cc2F)C1. The number of piperidine rings is 1. The summed E-state index contributed by atoms with van der Waals surface area (Å²) >= 11 is 5.66. The summed E-state index contributed by atoms with van der Waals surface area (Å²) in [6.07, 6.45) is 2.49. The summed E-state index contributed by atoms with van der Waals surface area (Å²) in [5.74, 6) is -0.251. The first-order chi connectivity index (χ1) is 9.56. The Balaban J connectivity index is 1.80. The van der Waals surface area contributed by atoms with Gasteiger partial charge in [0.25, 0.3) is 5.91 Å². The van der Waals surface area contributed by atoms with Crippen LogP contribution in [0.25, 0.3) is 0 Å². The lowest BCUT2D eigenvalue weighted by Gasteiger charge is -2.30. The highest BCUT2D eigenvalue weighted by Crippen LogP contribution is 2.15. The fourth-order valence-corrected chi connectivity index (χ4v) is 2.74. The Hall–Kier alpha value is -1.13. The molecule has 0 radical (unpaired) electrons. The topological polar surface area (TPSA) is 32.3 Å². The summed E-state index contributed by atoms with van der Waals surface area (Å²) in [6, 6.07) is 4.09. The van der Waals surface area contributed by atoms with Crippen LogP contribution in [0, 0.1) is 11.7 Å². The Morgan fingerprint density at radius 1 is 1.55 bits per heavy atom. The lowest BCUT2D eigenvalue weighted by Crippen LogP contribution is -2.40. The van der Waals surface area contributed by atoms with Gasteiger partial charge in [-0.25, -0.2) is 4.39 Å². The van der Waals surface area contributed by atoms with E-state index in [-0.39, 0.29) is 11.5 Å². The van der Waals surface area contributed by atoms with Crippen molar-refractivity contribution in [2.24, 2.45) is 5.92 Å². The minimum Gasteiger partial charge on any atom is -0.351 e. The fraction of sp³-hybridized carbons (Fsp3) is 0.533. The first-order valence-corrected chi connectivity index (χ1v) is 7.39. The van der Waals surface area contributed by atoms with Gasteiger partial charge in [-0.15, -0.1) is 0 Å². The van der Waals surface area contributed by atoms with E-state index in [1.165, 1.54) is 25.0 Å². The summed E-state index contributed by atoms with van der Waals surface area (Å²) in [5.41, 5.74) is 0.0430. The lowest BCUT2D eigenvalue weighted by molar-refractivity contribution is 0.0940. The number of rotatable bonds is 4. The highest BCUT2D eigenvalue weighted by molar-refractivity contribution is 6.30. The van der Waals surface area contributed by atoms with Crippen molar-refractivity contribution in [2.45, 2.75) is 19.8 Å². The summed E-state index contributed by atoms with van der Waals surface area (Å²) in [4.78, 5) is 14.2. The van der Waals surface area contributed by atoms with E-state index in [9.17, 15) is 9.18 Å². The number of likely N-dealkylation sites (tertiary alicyclic amines) is 1. The predicted octanol–water partition coefficient (Wildman–Crippen LogP) is 2.94. The molecule has 1 heterocycles. The zero-order valence-corrected chi connectivity index (χ0v) is 12.4. The highest BCUT2D eigenvalue weighted by atomic mass is 35.5. The van der Waals surface area contributed by atoms with Crippen LogP contribution >= 0.6 is 11.6 Å². The number of benzene rings is 1. The zero-order valence-electron chi connectivity index (χ0n) is 11.7. The van der Waals surface area contributed by atoms with Crippen LogP contribution in [0.4, 0.5) is 4.39 Å². The van der Waals surface area contributed by atoms with Crippen LogP contribution in [0.2, 0.25) is 5.02 Å². The van der Waals surface area contributed by atoms with E-state index in [1.54, 1.807) is 0 Å². The number of amides is 1. The molecule has 1 aliphatic rings. The van der Waals surface area contributed by atoms with E-state index in [1.807, 2.05) is 0 Å². The number of carbonyl (C=O) groups excluding carboxylic acids is 1. The van der Waals surface area contributed by atoms with Crippen molar-refractivity contribution < 1.29 is 9.18 Å². The van der Waals surface area contributed by atoms with Crippen molar-refractivity contribution in [3.05, 3.63) is 34.6 Å². The standard InChI is InChI=1S/C15H20ClFN2O/c1-11-3-2-7-19(10-11)8-6-18-15(20)13-5-4-12(16)9-14(13)17/h4-5,9,11H,2-3,6-8,10H2,1H3,(H,18,20)/t11-/m0/s1.